The highest BCUT2D eigenvalue weighted by Gasteiger charge is 2.17. The Morgan fingerprint density at radius 1 is 1.11 bits per heavy atom. The Morgan fingerprint density at radius 3 is 2.57 bits per heavy atom. The summed E-state index contributed by atoms with van der Waals surface area (Å²) in [6.07, 6.45) is 2.91. The van der Waals surface area contributed by atoms with Crippen molar-refractivity contribution in [2.24, 2.45) is 0 Å². The number of carbonyl (C=O) groups excluding carboxylic acids is 2. The second-order valence-corrected chi connectivity index (χ2v) is 7.29. The van der Waals surface area contributed by atoms with Crippen LogP contribution in [0.4, 0.5) is 16.5 Å². The number of amides is 2. The number of anilines is 3. The quantitative estimate of drug-likeness (QED) is 0.520. The Labute approximate surface area is 176 Å². The lowest BCUT2D eigenvalue weighted by Crippen LogP contribution is -2.22. The first-order chi connectivity index (χ1) is 13.5. The zero-order valence-electron chi connectivity index (χ0n) is 14.7. The average Bonchev–Trinajstić information content (AvgIpc) is 3.13. The maximum atomic E-state index is 12.1. The minimum atomic E-state index is -0.370. The van der Waals surface area contributed by atoms with Gasteiger partial charge in [-0.2, -0.15) is 0 Å². The van der Waals surface area contributed by atoms with E-state index in [1.165, 1.54) is 29.2 Å². The van der Waals surface area contributed by atoms with Gasteiger partial charge in [-0.1, -0.05) is 47.5 Å². The molecule has 0 aliphatic carbocycles. The molecule has 0 unspecified atom stereocenters. The van der Waals surface area contributed by atoms with Crippen LogP contribution in [0.3, 0.4) is 0 Å². The van der Waals surface area contributed by atoms with Crippen LogP contribution in [0.25, 0.3) is 6.08 Å². The van der Waals surface area contributed by atoms with Gasteiger partial charge in [0.05, 0.1) is 27.1 Å². The van der Waals surface area contributed by atoms with Gasteiger partial charge in [-0.05, 0) is 30.3 Å². The molecule has 0 spiro atoms. The van der Waals surface area contributed by atoms with Gasteiger partial charge in [0.25, 0.3) is 0 Å². The van der Waals surface area contributed by atoms with Crippen LogP contribution < -0.4 is 10.2 Å². The summed E-state index contributed by atoms with van der Waals surface area (Å²) in [5.74, 6) is -0.519. The van der Waals surface area contributed by atoms with E-state index in [4.69, 9.17) is 23.2 Å². The van der Waals surface area contributed by atoms with Gasteiger partial charge in [-0.15, -0.1) is 11.3 Å². The van der Waals surface area contributed by atoms with Gasteiger partial charge >= 0.3 is 0 Å². The summed E-state index contributed by atoms with van der Waals surface area (Å²) < 4.78 is 0. The van der Waals surface area contributed by atoms with Crippen LogP contribution in [0.2, 0.25) is 10.0 Å². The minimum Gasteiger partial charge on any atom is -0.321 e. The Hall–Kier alpha value is -2.67. The summed E-state index contributed by atoms with van der Waals surface area (Å²) in [7, 11) is 0. The summed E-state index contributed by atoms with van der Waals surface area (Å²) in [6.45, 7) is 1.48. The molecule has 0 fully saturated rings. The van der Waals surface area contributed by atoms with Crippen molar-refractivity contribution < 1.29 is 9.59 Å². The number of carbonyl (C=O) groups is 2. The zero-order chi connectivity index (χ0) is 20.1. The van der Waals surface area contributed by atoms with Crippen molar-refractivity contribution in [3.63, 3.8) is 0 Å². The molecule has 142 valence electrons. The molecule has 3 aromatic rings. The van der Waals surface area contributed by atoms with Gasteiger partial charge in [0.2, 0.25) is 11.8 Å². The van der Waals surface area contributed by atoms with E-state index < -0.39 is 0 Å². The van der Waals surface area contributed by atoms with Gasteiger partial charge in [-0.25, -0.2) is 4.98 Å². The SMILES string of the molecule is CC(=O)N(c1ccccc1)c1nc(/C=C/C(=O)Nc2cccc(Cl)c2Cl)cs1. The summed E-state index contributed by atoms with van der Waals surface area (Å²) in [6, 6.07) is 14.2. The van der Waals surface area contributed by atoms with Crippen molar-refractivity contribution in [3.05, 3.63) is 75.7 Å². The van der Waals surface area contributed by atoms with E-state index in [0.29, 0.717) is 21.5 Å². The Balaban J connectivity index is 1.74. The van der Waals surface area contributed by atoms with Gasteiger partial charge in [0.15, 0.2) is 5.13 Å². The Bertz CT molecular complexity index is 1030. The number of thiazole rings is 1. The Kier molecular flexibility index (Phi) is 6.46. The van der Waals surface area contributed by atoms with E-state index in [1.54, 1.807) is 29.7 Å². The largest absolute Gasteiger partial charge is 0.321 e. The maximum absolute atomic E-state index is 12.1. The third kappa shape index (κ3) is 4.78. The van der Waals surface area contributed by atoms with Crippen LogP contribution in [0, 0.1) is 0 Å². The van der Waals surface area contributed by atoms with Crippen molar-refractivity contribution >= 4 is 68.9 Å². The molecule has 0 atom stereocenters. The van der Waals surface area contributed by atoms with Crippen LogP contribution >= 0.6 is 34.5 Å². The van der Waals surface area contributed by atoms with Crippen LogP contribution in [0.1, 0.15) is 12.6 Å². The van der Waals surface area contributed by atoms with Crippen molar-refractivity contribution in [2.75, 3.05) is 10.2 Å². The predicted molar refractivity (Wildman–Crippen MR) is 116 cm³/mol. The van der Waals surface area contributed by atoms with Crippen molar-refractivity contribution in [1.82, 2.24) is 4.98 Å². The molecule has 0 aliphatic rings. The molecule has 0 bridgehead atoms. The normalized spacial score (nSPS) is 10.8. The molecule has 8 heteroatoms. The van der Waals surface area contributed by atoms with Crippen molar-refractivity contribution in [3.8, 4) is 0 Å². The highest BCUT2D eigenvalue weighted by Crippen LogP contribution is 2.30. The maximum Gasteiger partial charge on any atom is 0.248 e. The number of hydrogen-bond donors (Lipinski definition) is 1. The van der Waals surface area contributed by atoms with Gasteiger partial charge in [0.1, 0.15) is 0 Å². The first kappa shape index (κ1) is 20.1. The lowest BCUT2D eigenvalue weighted by Gasteiger charge is -2.17. The lowest BCUT2D eigenvalue weighted by atomic mass is 10.3. The molecule has 0 aliphatic heterocycles. The molecule has 3 rings (SSSR count). The summed E-state index contributed by atoms with van der Waals surface area (Å²) in [5, 5.41) is 5.60. The lowest BCUT2D eigenvalue weighted by molar-refractivity contribution is -0.116. The summed E-state index contributed by atoms with van der Waals surface area (Å²) >= 11 is 13.3. The van der Waals surface area contributed by atoms with Crippen molar-refractivity contribution in [1.29, 1.82) is 0 Å². The Morgan fingerprint density at radius 2 is 1.86 bits per heavy atom. The highest BCUT2D eigenvalue weighted by atomic mass is 35.5. The standard InChI is InChI=1S/C20H15Cl2N3O2S/c1-13(26)25(15-6-3-2-4-7-15)20-23-14(12-28-20)10-11-18(27)24-17-9-5-8-16(21)19(17)22/h2-12H,1H3,(H,24,27)/b11-10+. The summed E-state index contributed by atoms with van der Waals surface area (Å²) in [5.41, 5.74) is 1.72. The molecule has 0 saturated heterocycles. The first-order valence-corrected chi connectivity index (χ1v) is 9.83. The van der Waals surface area contributed by atoms with E-state index in [9.17, 15) is 9.59 Å². The molecule has 0 saturated carbocycles. The number of benzene rings is 2. The van der Waals surface area contributed by atoms with E-state index >= 15 is 0 Å². The summed E-state index contributed by atoms with van der Waals surface area (Å²) in [4.78, 5) is 30.2. The molecule has 2 amide bonds. The van der Waals surface area contributed by atoms with Crippen LogP contribution in [0.15, 0.2) is 60.0 Å². The number of aromatic nitrogens is 1. The molecule has 1 aromatic heterocycles. The third-order valence-electron chi connectivity index (χ3n) is 3.65. The zero-order valence-corrected chi connectivity index (χ0v) is 17.1. The second kappa shape index (κ2) is 9.01. The molecule has 2 aromatic carbocycles. The topological polar surface area (TPSA) is 62.3 Å². The number of nitrogens with zero attached hydrogens (tertiary/aromatic N) is 2. The fourth-order valence-electron chi connectivity index (χ4n) is 2.40. The second-order valence-electron chi connectivity index (χ2n) is 5.67. The monoisotopic (exact) mass is 431 g/mol. The number of para-hydroxylation sites is 1. The van der Waals surface area contributed by atoms with Crippen molar-refractivity contribution in [2.45, 2.75) is 6.92 Å². The predicted octanol–water partition coefficient (Wildman–Crippen LogP) is 5.79. The van der Waals surface area contributed by atoms with Crippen LogP contribution in [-0.2, 0) is 9.59 Å². The van der Waals surface area contributed by atoms with Crippen LogP contribution in [0.5, 0.6) is 0 Å². The molecule has 1 N–H and O–H groups in total. The van der Waals surface area contributed by atoms with Gasteiger partial charge in [0, 0.05) is 18.4 Å². The first-order valence-electron chi connectivity index (χ1n) is 8.20. The average molecular weight is 432 g/mol. The third-order valence-corrected chi connectivity index (χ3v) is 5.31. The number of hydrogen-bond acceptors (Lipinski definition) is 4. The molecule has 1 heterocycles. The van der Waals surface area contributed by atoms with E-state index in [0.717, 1.165) is 5.69 Å². The minimum absolute atomic E-state index is 0.149. The highest BCUT2D eigenvalue weighted by molar-refractivity contribution is 7.14. The number of nitrogens with one attached hydrogen (secondary N) is 1. The fourth-order valence-corrected chi connectivity index (χ4v) is 3.60. The molecular formula is C20H15Cl2N3O2S. The van der Waals surface area contributed by atoms with Gasteiger partial charge in [-0.3, -0.25) is 14.5 Å². The number of halogens is 2. The van der Waals surface area contributed by atoms with Crippen LogP contribution in [-0.4, -0.2) is 16.8 Å². The molecule has 28 heavy (non-hydrogen) atoms. The fraction of sp³-hybridized carbons (Fsp3) is 0.0500. The van der Waals surface area contributed by atoms with E-state index in [1.807, 2.05) is 30.3 Å². The molecule has 0 radical (unpaired) electrons. The molecule has 5 nitrogen and oxygen atoms in total. The smallest absolute Gasteiger partial charge is 0.248 e. The van der Waals surface area contributed by atoms with Gasteiger partial charge < -0.3 is 5.32 Å². The van der Waals surface area contributed by atoms with E-state index in [2.05, 4.69) is 10.3 Å². The molecular weight excluding hydrogens is 417 g/mol. The number of rotatable bonds is 5. The van der Waals surface area contributed by atoms with E-state index in [-0.39, 0.29) is 16.8 Å².